The molecule has 2 N–H and O–H groups in total. The van der Waals surface area contributed by atoms with Gasteiger partial charge in [0, 0.05) is 0 Å². The molecular formula is C22H29NO3. The van der Waals surface area contributed by atoms with Crippen LogP contribution in [0.5, 0.6) is 5.75 Å². The van der Waals surface area contributed by atoms with Crippen LogP contribution in [-0.4, -0.2) is 30.8 Å². The lowest BCUT2D eigenvalue weighted by Crippen LogP contribution is -2.53. The van der Waals surface area contributed by atoms with Crippen molar-refractivity contribution in [3.63, 3.8) is 0 Å². The summed E-state index contributed by atoms with van der Waals surface area (Å²) in [5.74, 6) is 3.22. The molecule has 0 bridgehead atoms. The molecule has 26 heavy (non-hydrogen) atoms. The third-order valence-corrected chi connectivity index (χ3v) is 6.80. The second-order valence-electron chi connectivity index (χ2n) is 8.48. The van der Waals surface area contributed by atoms with Crippen molar-refractivity contribution in [3.8, 4) is 18.1 Å². The lowest BCUT2D eigenvalue weighted by molar-refractivity contribution is -0.0731. The minimum atomic E-state index is -0.266. The summed E-state index contributed by atoms with van der Waals surface area (Å²) < 4.78 is 5.55. The summed E-state index contributed by atoms with van der Waals surface area (Å²) in [5.41, 5.74) is 2.87. The second-order valence-corrected chi connectivity index (χ2v) is 8.48. The van der Waals surface area contributed by atoms with Gasteiger partial charge < -0.3 is 15.2 Å². The van der Waals surface area contributed by atoms with Gasteiger partial charge in [-0.15, -0.1) is 6.42 Å². The average molecular weight is 355 g/mol. The molecule has 1 amide bonds. The van der Waals surface area contributed by atoms with Gasteiger partial charge in [-0.25, -0.2) is 0 Å². The minimum absolute atomic E-state index is 0.0165. The Balaban J connectivity index is 2.06. The zero-order chi connectivity index (χ0) is 19.1. The Morgan fingerprint density at radius 1 is 1.38 bits per heavy atom. The molecule has 3 atom stereocenters. The van der Waals surface area contributed by atoms with Crippen molar-refractivity contribution in [1.29, 1.82) is 0 Å². The number of hydrogen-bond donors (Lipinski definition) is 2. The third kappa shape index (κ3) is 2.79. The summed E-state index contributed by atoms with van der Waals surface area (Å²) in [4.78, 5) is 12.5. The molecule has 4 nitrogen and oxygen atoms in total. The third-order valence-electron chi connectivity index (χ3n) is 6.80. The highest BCUT2D eigenvalue weighted by molar-refractivity contribution is 5.97. The van der Waals surface area contributed by atoms with Crippen molar-refractivity contribution in [1.82, 2.24) is 5.32 Å². The Bertz CT molecular complexity index is 761. The van der Waals surface area contributed by atoms with Crippen molar-refractivity contribution >= 4 is 5.91 Å². The van der Waals surface area contributed by atoms with Gasteiger partial charge in [0.1, 0.15) is 5.75 Å². The summed E-state index contributed by atoms with van der Waals surface area (Å²) in [6, 6.07) is 4.01. The standard InChI is InChI=1S/C22H29NO3/c1-6-11-23-20(25)15-12-14-7-8-18-21(2,3)19(24)9-10-22(18,4)16(14)13-17(15)26-5/h1,12-13,18-19,24H,7-11H2,2-5H3,(H,23,25)/t18-,19-,22+/m0/s1. The van der Waals surface area contributed by atoms with Crippen LogP contribution in [0.2, 0.25) is 0 Å². The number of aliphatic hydroxyl groups excluding tert-OH is 1. The zero-order valence-electron chi connectivity index (χ0n) is 16.2. The van der Waals surface area contributed by atoms with Crippen LogP contribution in [0.3, 0.4) is 0 Å². The van der Waals surface area contributed by atoms with Crippen LogP contribution < -0.4 is 10.1 Å². The van der Waals surface area contributed by atoms with E-state index in [0.717, 1.165) is 25.7 Å². The minimum Gasteiger partial charge on any atom is -0.496 e. The second kappa shape index (κ2) is 6.63. The first-order valence-corrected chi connectivity index (χ1v) is 9.36. The van der Waals surface area contributed by atoms with Crippen LogP contribution in [0.4, 0.5) is 0 Å². The average Bonchev–Trinajstić information content (AvgIpc) is 2.62. The molecule has 0 aromatic heterocycles. The van der Waals surface area contributed by atoms with E-state index in [1.165, 1.54) is 11.1 Å². The molecule has 4 heteroatoms. The van der Waals surface area contributed by atoms with Crippen LogP contribution >= 0.6 is 0 Å². The van der Waals surface area contributed by atoms with Crippen molar-refractivity contribution in [3.05, 3.63) is 28.8 Å². The summed E-state index contributed by atoms with van der Waals surface area (Å²) in [5, 5.41) is 13.3. The largest absolute Gasteiger partial charge is 0.496 e. The molecule has 1 aromatic carbocycles. The fourth-order valence-electron chi connectivity index (χ4n) is 5.28. The first-order chi connectivity index (χ1) is 12.3. The van der Waals surface area contributed by atoms with Gasteiger partial charge in [0.05, 0.1) is 25.3 Å². The molecule has 1 saturated carbocycles. The SMILES string of the molecule is C#CCNC(=O)c1cc2c(cc1OC)[C@@]1(C)CC[C@H](O)C(C)(C)[C@@H]1CC2. The van der Waals surface area contributed by atoms with Crippen molar-refractivity contribution in [2.24, 2.45) is 11.3 Å². The molecule has 140 valence electrons. The van der Waals surface area contributed by atoms with Crippen LogP contribution in [-0.2, 0) is 11.8 Å². The van der Waals surface area contributed by atoms with Gasteiger partial charge in [-0.05, 0) is 65.7 Å². The number of aliphatic hydroxyl groups is 1. The normalized spacial score (nSPS) is 29.1. The molecule has 0 spiro atoms. The Hall–Kier alpha value is -1.99. The smallest absolute Gasteiger partial charge is 0.255 e. The molecule has 1 fully saturated rings. The van der Waals surface area contributed by atoms with E-state index in [-0.39, 0.29) is 29.4 Å². The Morgan fingerprint density at radius 2 is 2.12 bits per heavy atom. The Labute approximate surface area is 156 Å². The van der Waals surface area contributed by atoms with Gasteiger partial charge in [-0.2, -0.15) is 0 Å². The molecule has 3 rings (SSSR count). The number of methoxy groups -OCH3 is 1. The van der Waals surface area contributed by atoms with E-state index in [1.54, 1.807) is 7.11 Å². The molecule has 0 aliphatic heterocycles. The molecule has 0 saturated heterocycles. The Morgan fingerprint density at radius 3 is 2.77 bits per heavy atom. The molecule has 0 heterocycles. The van der Waals surface area contributed by atoms with Gasteiger partial charge in [0.2, 0.25) is 0 Å². The van der Waals surface area contributed by atoms with Crippen LogP contribution in [0.25, 0.3) is 0 Å². The van der Waals surface area contributed by atoms with E-state index in [4.69, 9.17) is 11.2 Å². The van der Waals surface area contributed by atoms with Crippen molar-refractivity contribution in [2.45, 2.75) is 58.0 Å². The Kier molecular flexibility index (Phi) is 4.79. The van der Waals surface area contributed by atoms with E-state index in [0.29, 0.717) is 17.2 Å². The van der Waals surface area contributed by atoms with Gasteiger partial charge in [0.15, 0.2) is 0 Å². The fourth-order valence-corrected chi connectivity index (χ4v) is 5.28. The number of terminal acetylenes is 1. The lowest BCUT2D eigenvalue weighted by Gasteiger charge is -2.56. The maximum Gasteiger partial charge on any atom is 0.255 e. The number of carbonyl (C=O) groups excluding carboxylic acids is 1. The van der Waals surface area contributed by atoms with Crippen LogP contribution in [0, 0.1) is 23.7 Å². The molecule has 0 radical (unpaired) electrons. The maximum absolute atomic E-state index is 12.5. The number of benzene rings is 1. The number of nitrogens with one attached hydrogen (secondary N) is 1. The van der Waals surface area contributed by atoms with Crippen LogP contribution in [0.15, 0.2) is 12.1 Å². The van der Waals surface area contributed by atoms with E-state index in [9.17, 15) is 9.90 Å². The molecule has 2 aliphatic rings. The number of carbonyl (C=O) groups is 1. The fraction of sp³-hybridized carbons (Fsp3) is 0.591. The molecular weight excluding hydrogens is 326 g/mol. The van der Waals surface area contributed by atoms with Crippen molar-refractivity contribution in [2.75, 3.05) is 13.7 Å². The maximum atomic E-state index is 12.5. The number of hydrogen-bond acceptors (Lipinski definition) is 3. The van der Waals surface area contributed by atoms with E-state index in [2.05, 4.69) is 32.0 Å². The highest BCUT2D eigenvalue weighted by Crippen LogP contribution is 2.57. The molecule has 1 aromatic rings. The topological polar surface area (TPSA) is 58.6 Å². The summed E-state index contributed by atoms with van der Waals surface area (Å²) >= 11 is 0. The highest BCUT2D eigenvalue weighted by Gasteiger charge is 2.53. The first kappa shape index (κ1) is 18.8. The number of fused-ring (bicyclic) bond motifs is 3. The highest BCUT2D eigenvalue weighted by atomic mass is 16.5. The van der Waals surface area contributed by atoms with Gasteiger partial charge >= 0.3 is 0 Å². The molecule has 0 unspecified atom stereocenters. The summed E-state index contributed by atoms with van der Waals surface area (Å²) in [6.45, 7) is 6.87. The van der Waals surface area contributed by atoms with Crippen molar-refractivity contribution < 1.29 is 14.6 Å². The summed E-state index contributed by atoms with van der Waals surface area (Å²) in [7, 11) is 1.59. The van der Waals surface area contributed by atoms with Gasteiger partial charge in [-0.1, -0.05) is 26.7 Å². The quantitative estimate of drug-likeness (QED) is 0.820. The predicted molar refractivity (Wildman–Crippen MR) is 102 cm³/mol. The monoisotopic (exact) mass is 355 g/mol. The van der Waals surface area contributed by atoms with E-state index >= 15 is 0 Å². The first-order valence-electron chi connectivity index (χ1n) is 9.36. The van der Waals surface area contributed by atoms with E-state index in [1.807, 2.05) is 12.1 Å². The van der Waals surface area contributed by atoms with Gasteiger partial charge in [-0.3, -0.25) is 4.79 Å². The van der Waals surface area contributed by atoms with E-state index < -0.39 is 0 Å². The van der Waals surface area contributed by atoms with Crippen LogP contribution in [0.1, 0.15) is 61.5 Å². The lowest BCUT2D eigenvalue weighted by atomic mass is 9.49. The number of aryl methyl sites for hydroxylation is 1. The van der Waals surface area contributed by atoms with Gasteiger partial charge in [0.25, 0.3) is 5.91 Å². The molecule has 2 aliphatic carbocycles. The summed E-state index contributed by atoms with van der Waals surface area (Å²) in [6.07, 6.45) is 8.65. The predicted octanol–water partition coefficient (Wildman–Crippen LogP) is 3.06. The number of ether oxygens (including phenoxy) is 1. The number of amides is 1. The zero-order valence-corrected chi connectivity index (χ0v) is 16.2. The number of rotatable bonds is 3.